The van der Waals surface area contributed by atoms with Crippen LogP contribution in [0, 0.1) is 11.7 Å². The van der Waals surface area contributed by atoms with Crippen LogP contribution >= 0.6 is 0 Å². The van der Waals surface area contributed by atoms with E-state index in [1.165, 1.54) is 12.1 Å². The molecule has 26 heavy (non-hydrogen) atoms. The Hall–Kier alpha value is -2.63. The van der Waals surface area contributed by atoms with Gasteiger partial charge in [-0.25, -0.2) is 9.37 Å². The van der Waals surface area contributed by atoms with Gasteiger partial charge >= 0.3 is 0 Å². The second-order valence-electron chi connectivity index (χ2n) is 6.96. The monoisotopic (exact) mass is 356 g/mol. The summed E-state index contributed by atoms with van der Waals surface area (Å²) in [5.41, 5.74) is 2.50. The number of carbonyl (C=O) groups excluding carboxylic acids is 1. The number of hydrogen-bond acceptors (Lipinski definition) is 4. The second kappa shape index (κ2) is 8.17. The molecule has 0 spiro atoms. The molecule has 3 rings (SSSR count). The Labute approximate surface area is 153 Å². The van der Waals surface area contributed by atoms with E-state index in [4.69, 9.17) is 0 Å². The molecule has 0 atom stereocenters. The van der Waals surface area contributed by atoms with Gasteiger partial charge in [-0.3, -0.25) is 4.79 Å². The number of pyridine rings is 1. The Morgan fingerprint density at radius 1 is 1.04 bits per heavy atom. The molecule has 0 saturated carbocycles. The highest BCUT2D eigenvalue weighted by atomic mass is 19.1. The summed E-state index contributed by atoms with van der Waals surface area (Å²) in [5, 5.41) is 2.88. The fraction of sp³-hybridized carbons (Fsp3) is 0.400. The van der Waals surface area contributed by atoms with Crippen molar-refractivity contribution in [2.75, 3.05) is 42.5 Å². The summed E-state index contributed by atoms with van der Waals surface area (Å²) in [6.07, 6.45) is 1.76. The van der Waals surface area contributed by atoms with E-state index >= 15 is 0 Å². The molecule has 0 unspecified atom stereocenters. The number of rotatable bonds is 5. The number of anilines is 2. The highest BCUT2D eigenvalue weighted by Gasteiger charge is 2.18. The molecule has 2 aromatic rings. The lowest BCUT2D eigenvalue weighted by atomic mass is 10.2. The highest BCUT2D eigenvalue weighted by molar-refractivity contribution is 5.92. The first-order chi connectivity index (χ1) is 12.5. The molecule has 2 heterocycles. The van der Waals surface area contributed by atoms with Crippen molar-refractivity contribution in [3.63, 3.8) is 0 Å². The number of nitrogens with zero attached hydrogens (tertiary/aromatic N) is 3. The van der Waals surface area contributed by atoms with Crippen molar-refractivity contribution in [3.05, 3.63) is 54.1 Å². The third kappa shape index (κ3) is 4.50. The highest BCUT2D eigenvalue weighted by Crippen LogP contribution is 2.20. The summed E-state index contributed by atoms with van der Waals surface area (Å²) in [5.74, 6) is 0.0676. The molecule has 138 valence electrons. The average Bonchev–Trinajstić information content (AvgIpc) is 2.67. The number of carbonyl (C=O) groups is 1. The van der Waals surface area contributed by atoms with E-state index in [9.17, 15) is 9.18 Å². The van der Waals surface area contributed by atoms with Gasteiger partial charge in [0.15, 0.2) is 0 Å². The fourth-order valence-electron chi connectivity index (χ4n) is 2.97. The molecule has 5 nitrogen and oxygen atoms in total. The molecule has 6 heteroatoms. The van der Waals surface area contributed by atoms with E-state index in [2.05, 4.69) is 33.9 Å². The predicted molar refractivity (Wildman–Crippen MR) is 102 cm³/mol. The lowest BCUT2D eigenvalue weighted by molar-refractivity contribution is 0.0944. The van der Waals surface area contributed by atoms with E-state index in [1.807, 2.05) is 18.2 Å². The third-order valence-corrected chi connectivity index (χ3v) is 4.49. The van der Waals surface area contributed by atoms with Crippen LogP contribution < -0.4 is 15.1 Å². The quantitative estimate of drug-likeness (QED) is 0.895. The molecule has 0 bridgehead atoms. The summed E-state index contributed by atoms with van der Waals surface area (Å²) < 4.78 is 13.1. The minimum atomic E-state index is -0.212. The summed E-state index contributed by atoms with van der Waals surface area (Å²) in [7, 11) is 0. The average molecular weight is 356 g/mol. The van der Waals surface area contributed by atoms with E-state index in [1.54, 1.807) is 12.3 Å². The topological polar surface area (TPSA) is 48.5 Å². The first-order valence-corrected chi connectivity index (χ1v) is 9.02. The van der Waals surface area contributed by atoms with Gasteiger partial charge in [-0.2, -0.15) is 0 Å². The van der Waals surface area contributed by atoms with Crippen LogP contribution in [0.5, 0.6) is 0 Å². The first kappa shape index (κ1) is 18.2. The summed E-state index contributed by atoms with van der Waals surface area (Å²) in [4.78, 5) is 20.8. The van der Waals surface area contributed by atoms with E-state index in [0.717, 1.165) is 37.6 Å². The molecular weight excluding hydrogens is 331 g/mol. The van der Waals surface area contributed by atoms with Gasteiger partial charge < -0.3 is 15.1 Å². The van der Waals surface area contributed by atoms with E-state index in [-0.39, 0.29) is 11.7 Å². The number of aromatic nitrogens is 1. The van der Waals surface area contributed by atoms with Crippen LogP contribution in [0.1, 0.15) is 24.3 Å². The van der Waals surface area contributed by atoms with Crippen LogP contribution in [0.3, 0.4) is 0 Å². The van der Waals surface area contributed by atoms with Crippen molar-refractivity contribution >= 4 is 17.3 Å². The standard InChI is InChI=1S/C20H25FN4O/c1-15(2)13-23-20(26)19-8-7-18(14-22-19)25-11-9-24(10-12-25)17-5-3-16(21)4-6-17/h3-8,14-15H,9-13H2,1-2H3,(H,23,26). The Morgan fingerprint density at radius 2 is 1.62 bits per heavy atom. The number of piperazine rings is 1. The molecule has 1 aromatic carbocycles. The van der Waals surface area contributed by atoms with Gasteiger partial charge in [-0.1, -0.05) is 13.8 Å². The van der Waals surface area contributed by atoms with Crippen molar-refractivity contribution in [2.45, 2.75) is 13.8 Å². The number of hydrogen-bond donors (Lipinski definition) is 1. The lowest BCUT2D eigenvalue weighted by Crippen LogP contribution is -2.46. The van der Waals surface area contributed by atoms with Gasteiger partial charge in [0, 0.05) is 38.4 Å². The van der Waals surface area contributed by atoms with Crippen LogP contribution in [-0.4, -0.2) is 43.6 Å². The normalized spacial score (nSPS) is 14.6. The van der Waals surface area contributed by atoms with Crippen molar-refractivity contribution in [1.29, 1.82) is 0 Å². The van der Waals surface area contributed by atoms with Crippen molar-refractivity contribution in [1.82, 2.24) is 10.3 Å². The zero-order chi connectivity index (χ0) is 18.5. The molecule has 0 radical (unpaired) electrons. The SMILES string of the molecule is CC(C)CNC(=O)c1ccc(N2CCN(c3ccc(F)cc3)CC2)cn1. The molecule has 1 saturated heterocycles. The Bertz CT molecular complexity index is 722. The molecule has 1 aromatic heterocycles. The zero-order valence-electron chi connectivity index (χ0n) is 15.3. The van der Waals surface area contributed by atoms with Crippen LogP contribution in [-0.2, 0) is 0 Å². The summed E-state index contributed by atoms with van der Waals surface area (Å²) in [6.45, 7) is 8.21. The second-order valence-corrected chi connectivity index (χ2v) is 6.96. The van der Waals surface area contributed by atoms with E-state index < -0.39 is 0 Å². The molecule has 1 aliphatic rings. The van der Waals surface area contributed by atoms with E-state index in [0.29, 0.717) is 18.2 Å². The van der Waals surface area contributed by atoms with Gasteiger partial charge in [-0.15, -0.1) is 0 Å². The Morgan fingerprint density at radius 3 is 2.15 bits per heavy atom. The van der Waals surface area contributed by atoms with Gasteiger partial charge in [-0.05, 0) is 42.3 Å². The maximum Gasteiger partial charge on any atom is 0.269 e. The molecule has 1 fully saturated rings. The third-order valence-electron chi connectivity index (χ3n) is 4.49. The fourth-order valence-corrected chi connectivity index (χ4v) is 2.97. The smallest absolute Gasteiger partial charge is 0.269 e. The van der Waals surface area contributed by atoms with Gasteiger partial charge in [0.2, 0.25) is 0 Å². The maximum absolute atomic E-state index is 13.1. The Balaban J connectivity index is 1.56. The molecule has 1 aliphatic heterocycles. The minimum absolute atomic E-state index is 0.133. The van der Waals surface area contributed by atoms with Gasteiger partial charge in [0.05, 0.1) is 11.9 Å². The van der Waals surface area contributed by atoms with Crippen molar-refractivity contribution < 1.29 is 9.18 Å². The molecule has 1 amide bonds. The maximum atomic E-state index is 13.1. The van der Waals surface area contributed by atoms with Crippen molar-refractivity contribution in [2.24, 2.45) is 5.92 Å². The number of amides is 1. The number of nitrogens with one attached hydrogen (secondary N) is 1. The summed E-state index contributed by atoms with van der Waals surface area (Å²) >= 11 is 0. The Kier molecular flexibility index (Phi) is 5.71. The molecular formula is C20H25FN4O. The van der Waals surface area contributed by atoms with Gasteiger partial charge in [0.25, 0.3) is 5.91 Å². The van der Waals surface area contributed by atoms with Crippen LogP contribution in [0.15, 0.2) is 42.6 Å². The molecule has 1 N–H and O–H groups in total. The minimum Gasteiger partial charge on any atom is -0.368 e. The zero-order valence-corrected chi connectivity index (χ0v) is 15.3. The van der Waals surface area contributed by atoms with Crippen LogP contribution in [0.4, 0.5) is 15.8 Å². The number of halogens is 1. The largest absolute Gasteiger partial charge is 0.368 e. The number of benzene rings is 1. The van der Waals surface area contributed by atoms with Crippen LogP contribution in [0.25, 0.3) is 0 Å². The van der Waals surface area contributed by atoms with Crippen molar-refractivity contribution in [3.8, 4) is 0 Å². The van der Waals surface area contributed by atoms with Gasteiger partial charge in [0.1, 0.15) is 11.5 Å². The molecule has 0 aliphatic carbocycles. The lowest BCUT2D eigenvalue weighted by Gasteiger charge is -2.37. The van der Waals surface area contributed by atoms with Crippen LogP contribution in [0.2, 0.25) is 0 Å². The summed E-state index contributed by atoms with van der Waals surface area (Å²) in [6, 6.07) is 10.3. The first-order valence-electron chi connectivity index (χ1n) is 9.02. The predicted octanol–water partition coefficient (Wildman–Crippen LogP) is 2.93.